The van der Waals surface area contributed by atoms with Crippen LogP contribution in [0, 0.1) is 5.92 Å². The van der Waals surface area contributed by atoms with Gasteiger partial charge in [-0.3, -0.25) is 0 Å². The van der Waals surface area contributed by atoms with Gasteiger partial charge in [-0.2, -0.15) is 0 Å². The van der Waals surface area contributed by atoms with Crippen LogP contribution in [0.5, 0.6) is 0 Å². The lowest BCUT2D eigenvalue weighted by atomic mass is 9.90. The van der Waals surface area contributed by atoms with Crippen LogP contribution < -0.4 is 0 Å². The molecule has 0 heterocycles. The second-order valence-electron chi connectivity index (χ2n) is 3.98. The van der Waals surface area contributed by atoms with Crippen LogP contribution in [0.4, 0.5) is 0 Å². The molecular formula is C12H22. The summed E-state index contributed by atoms with van der Waals surface area (Å²) in [6.07, 6.45) is 16.1. The molecule has 0 heteroatoms. The summed E-state index contributed by atoms with van der Waals surface area (Å²) in [4.78, 5) is 0. The molecule has 70 valence electrons. The van der Waals surface area contributed by atoms with E-state index >= 15 is 0 Å². The quantitative estimate of drug-likeness (QED) is 0.390. The second-order valence-corrected chi connectivity index (χ2v) is 3.98. The normalized spacial score (nSPS) is 20.9. The third-order valence-electron chi connectivity index (χ3n) is 2.78. The summed E-state index contributed by atoms with van der Waals surface area (Å²) < 4.78 is 0. The Morgan fingerprint density at radius 3 is 2.33 bits per heavy atom. The van der Waals surface area contributed by atoms with Gasteiger partial charge in [-0.05, 0) is 18.8 Å². The molecule has 1 aliphatic carbocycles. The van der Waals surface area contributed by atoms with E-state index in [1.807, 2.05) is 0 Å². The SMILES string of the molecule is CCCCCCCCC1C=CC1. The van der Waals surface area contributed by atoms with Gasteiger partial charge in [0, 0.05) is 0 Å². The molecule has 0 nitrogen and oxygen atoms in total. The zero-order chi connectivity index (χ0) is 8.65. The smallest absolute Gasteiger partial charge is 0.0199 e. The van der Waals surface area contributed by atoms with Gasteiger partial charge in [0.1, 0.15) is 0 Å². The molecule has 1 aliphatic rings. The number of unbranched alkanes of at least 4 members (excludes halogenated alkanes) is 5. The van der Waals surface area contributed by atoms with Gasteiger partial charge >= 0.3 is 0 Å². The molecule has 0 fully saturated rings. The number of allylic oxidation sites excluding steroid dienone is 2. The van der Waals surface area contributed by atoms with Crippen LogP contribution in [-0.4, -0.2) is 0 Å². The van der Waals surface area contributed by atoms with E-state index in [2.05, 4.69) is 19.1 Å². The largest absolute Gasteiger partial charge is 0.0877 e. The first-order valence-corrected chi connectivity index (χ1v) is 5.60. The molecule has 0 saturated carbocycles. The van der Waals surface area contributed by atoms with Crippen molar-refractivity contribution in [2.75, 3.05) is 0 Å². The molecule has 0 aromatic rings. The summed E-state index contributed by atoms with van der Waals surface area (Å²) in [6, 6.07) is 0. The number of rotatable bonds is 7. The van der Waals surface area contributed by atoms with E-state index in [0.29, 0.717) is 0 Å². The highest BCUT2D eigenvalue weighted by atomic mass is 14.1. The van der Waals surface area contributed by atoms with Crippen LogP contribution >= 0.6 is 0 Å². The fourth-order valence-corrected chi connectivity index (χ4v) is 1.73. The predicted octanol–water partition coefficient (Wildman–Crippen LogP) is 4.31. The molecule has 0 amide bonds. The fraction of sp³-hybridized carbons (Fsp3) is 0.833. The zero-order valence-corrected chi connectivity index (χ0v) is 8.39. The first kappa shape index (κ1) is 9.83. The first-order valence-electron chi connectivity index (χ1n) is 5.60. The summed E-state index contributed by atoms with van der Waals surface area (Å²) in [5.41, 5.74) is 0. The Morgan fingerprint density at radius 1 is 1.08 bits per heavy atom. The Morgan fingerprint density at radius 2 is 1.75 bits per heavy atom. The Labute approximate surface area is 77.1 Å². The van der Waals surface area contributed by atoms with Gasteiger partial charge in [0.15, 0.2) is 0 Å². The maximum Gasteiger partial charge on any atom is -0.0199 e. The van der Waals surface area contributed by atoms with Crippen LogP contribution in [0.1, 0.15) is 58.3 Å². The standard InChI is InChI=1S/C12H22/c1-2-3-4-5-6-7-9-12-10-8-11-12/h8,10,12H,2-7,9,11H2,1H3. The van der Waals surface area contributed by atoms with Crippen molar-refractivity contribution >= 4 is 0 Å². The summed E-state index contributed by atoms with van der Waals surface area (Å²) in [5.74, 6) is 0.955. The highest BCUT2D eigenvalue weighted by Gasteiger charge is 2.08. The molecule has 0 aromatic heterocycles. The van der Waals surface area contributed by atoms with Crippen molar-refractivity contribution in [2.24, 2.45) is 5.92 Å². The van der Waals surface area contributed by atoms with Crippen LogP contribution in [0.2, 0.25) is 0 Å². The maximum absolute atomic E-state index is 2.37. The van der Waals surface area contributed by atoms with E-state index in [9.17, 15) is 0 Å². The first-order chi connectivity index (χ1) is 5.93. The molecule has 0 radical (unpaired) electrons. The van der Waals surface area contributed by atoms with Crippen molar-refractivity contribution in [2.45, 2.75) is 58.3 Å². The number of hydrogen-bond donors (Lipinski definition) is 0. The summed E-state index contributed by atoms with van der Waals surface area (Å²) in [7, 11) is 0. The van der Waals surface area contributed by atoms with Gasteiger partial charge in [-0.25, -0.2) is 0 Å². The predicted molar refractivity (Wildman–Crippen MR) is 55.2 cm³/mol. The maximum atomic E-state index is 2.37. The molecule has 1 unspecified atom stereocenters. The fourth-order valence-electron chi connectivity index (χ4n) is 1.73. The molecule has 0 spiro atoms. The topological polar surface area (TPSA) is 0 Å². The molecule has 12 heavy (non-hydrogen) atoms. The van der Waals surface area contributed by atoms with E-state index in [4.69, 9.17) is 0 Å². The molecule has 0 aromatic carbocycles. The van der Waals surface area contributed by atoms with E-state index in [1.165, 1.54) is 51.4 Å². The third kappa shape index (κ3) is 3.94. The van der Waals surface area contributed by atoms with Crippen molar-refractivity contribution in [1.29, 1.82) is 0 Å². The van der Waals surface area contributed by atoms with Gasteiger partial charge in [0.05, 0.1) is 0 Å². The Balaban J connectivity index is 1.74. The Hall–Kier alpha value is -0.260. The van der Waals surface area contributed by atoms with Gasteiger partial charge in [0.2, 0.25) is 0 Å². The van der Waals surface area contributed by atoms with Gasteiger partial charge in [-0.1, -0.05) is 57.6 Å². The number of hydrogen-bond acceptors (Lipinski definition) is 0. The molecule has 1 rings (SSSR count). The molecule has 0 saturated heterocycles. The highest BCUT2D eigenvalue weighted by molar-refractivity contribution is 5.01. The van der Waals surface area contributed by atoms with Crippen LogP contribution in [0.25, 0.3) is 0 Å². The van der Waals surface area contributed by atoms with Crippen molar-refractivity contribution in [1.82, 2.24) is 0 Å². The van der Waals surface area contributed by atoms with Crippen LogP contribution in [0.3, 0.4) is 0 Å². The Bertz CT molecular complexity index is 124. The molecule has 1 atom stereocenters. The lowest BCUT2D eigenvalue weighted by Crippen LogP contribution is -2.01. The third-order valence-corrected chi connectivity index (χ3v) is 2.78. The zero-order valence-electron chi connectivity index (χ0n) is 8.39. The van der Waals surface area contributed by atoms with E-state index < -0.39 is 0 Å². The van der Waals surface area contributed by atoms with Crippen molar-refractivity contribution in [3.8, 4) is 0 Å². The van der Waals surface area contributed by atoms with E-state index in [0.717, 1.165) is 5.92 Å². The van der Waals surface area contributed by atoms with Gasteiger partial charge in [0.25, 0.3) is 0 Å². The average Bonchev–Trinajstić information content (AvgIpc) is 2.00. The minimum Gasteiger partial charge on any atom is -0.0877 e. The van der Waals surface area contributed by atoms with E-state index in [-0.39, 0.29) is 0 Å². The van der Waals surface area contributed by atoms with E-state index in [1.54, 1.807) is 0 Å². The van der Waals surface area contributed by atoms with Crippen molar-refractivity contribution in [3.63, 3.8) is 0 Å². The minimum absolute atomic E-state index is 0.955. The van der Waals surface area contributed by atoms with Crippen LogP contribution in [-0.2, 0) is 0 Å². The summed E-state index contributed by atoms with van der Waals surface area (Å²) in [5, 5.41) is 0. The van der Waals surface area contributed by atoms with Gasteiger partial charge in [-0.15, -0.1) is 0 Å². The van der Waals surface area contributed by atoms with Crippen molar-refractivity contribution < 1.29 is 0 Å². The molecular weight excluding hydrogens is 144 g/mol. The molecule has 0 bridgehead atoms. The lowest BCUT2D eigenvalue weighted by molar-refractivity contribution is 0.499. The Kier molecular flexibility index (Phi) is 5.14. The molecule has 0 aliphatic heterocycles. The minimum atomic E-state index is 0.955. The monoisotopic (exact) mass is 166 g/mol. The summed E-state index contributed by atoms with van der Waals surface area (Å²) >= 11 is 0. The highest BCUT2D eigenvalue weighted by Crippen LogP contribution is 2.23. The lowest BCUT2D eigenvalue weighted by Gasteiger charge is -2.16. The van der Waals surface area contributed by atoms with Crippen LogP contribution in [0.15, 0.2) is 12.2 Å². The summed E-state index contributed by atoms with van der Waals surface area (Å²) in [6.45, 7) is 2.28. The molecule has 0 N–H and O–H groups in total. The van der Waals surface area contributed by atoms with Crippen molar-refractivity contribution in [3.05, 3.63) is 12.2 Å². The van der Waals surface area contributed by atoms with Gasteiger partial charge < -0.3 is 0 Å². The second kappa shape index (κ2) is 6.28. The average molecular weight is 166 g/mol.